The zero-order chi connectivity index (χ0) is 12.6. The number of nitrogens with two attached hydrogens (primary N) is 2. The van der Waals surface area contributed by atoms with E-state index in [9.17, 15) is 13.2 Å². The van der Waals surface area contributed by atoms with Crippen molar-refractivity contribution in [2.45, 2.75) is 0 Å². The summed E-state index contributed by atoms with van der Waals surface area (Å²) in [5.41, 5.74) is 10.2. The summed E-state index contributed by atoms with van der Waals surface area (Å²) < 4.78 is 39.1. The lowest BCUT2D eigenvalue weighted by Crippen LogP contribution is -2.05. The summed E-state index contributed by atoms with van der Waals surface area (Å²) in [6.07, 6.45) is 0. The van der Waals surface area contributed by atoms with Crippen molar-refractivity contribution in [1.82, 2.24) is 15.0 Å². The molecule has 0 fully saturated rings. The van der Waals surface area contributed by atoms with Gasteiger partial charge < -0.3 is 11.5 Å². The third-order valence-corrected chi connectivity index (χ3v) is 1.95. The molecule has 2 aromatic rings. The van der Waals surface area contributed by atoms with E-state index in [0.717, 1.165) is 12.1 Å². The Bertz CT molecular complexity index is 567. The summed E-state index contributed by atoms with van der Waals surface area (Å²) >= 11 is 0. The van der Waals surface area contributed by atoms with Crippen LogP contribution in [0.3, 0.4) is 0 Å². The van der Waals surface area contributed by atoms with Crippen molar-refractivity contribution in [3.63, 3.8) is 0 Å². The summed E-state index contributed by atoms with van der Waals surface area (Å²) in [6, 6.07) is 1.74. The molecule has 1 heterocycles. The highest BCUT2D eigenvalue weighted by Crippen LogP contribution is 2.23. The Morgan fingerprint density at radius 1 is 0.824 bits per heavy atom. The zero-order valence-electron chi connectivity index (χ0n) is 8.28. The van der Waals surface area contributed by atoms with Crippen molar-refractivity contribution >= 4 is 11.9 Å². The van der Waals surface area contributed by atoms with E-state index in [2.05, 4.69) is 15.0 Å². The lowest BCUT2D eigenvalue weighted by Gasteiger charge is -2.04. The first-order valence-electron chi connectivity index (χ1n) is 4.40. The van der Waals surface area contributed by atoms with Gasteiger partial charge in [-0.25, -0.2) is 13.2 Å². The number of hydrogen-bond donors (Lipinski definition) is 2. The van der Waals surface area contributed by atoms with E-state index < -0.39 is 17.5 Å². The SMILES string of the molecule is Nc1nc(N)nc(-c2ccc(F)c(F)c2F)n1. The maximum absolute atomic E-state index is 13.4. The average Bonchev–Trinajstić information content (AvgIpc) is 2.24. The zero-order valence-corrected chi connectivity index (χ0v) is 8.28. The lowest BCUT2D eigenvalue weighted by molar-refractivity contribution is 0.448. The van der Waals surface area contributed by atoms with Crippen LogP contribution in [0.1, 0.15) is 0 Å². The molecule has 5 nitrogen and oxygen atoms in total. The first kappa shape index (κ1) is 11.1. The highest BCUT2D eigenvalue weighted by atomic mass is 19.2. The van der Waals surface area contributed by atoms with E-state index in [1.165, 1.54) is 0 Å². The summed E-state index contributed by atoms with van der Waals surface area (Å²) in [5, 5.41) is 0. The van der Waals surface area contributed by atoms with Crippen molar-refractivity contribution in [2.24, 2.45) is 0 Å². The maximum Gasteiger partial charge on any atom is 0.225 e. The van der Waals surface area contributed by atoms with Crippen LogP contribution in [0.15, 0.2) is 12.1 Å². The van der Waals surface area contributed by atoms with Gasteiger partial charge in [-0.2, -0.15) is 15.0 Å². The number of halogens is 3. The number of nitrogens with zero attached hydrogens (tertiary/aromatic N) is 3. The van der Waals surface area contributed by atoms with E-state index in [-0.39, 0.29) is 23.3 Å². The third-order valence-electron chi connectivity index (χ3n) is 1.95. The molecule has 0 aliphatic rings. The lowest BCUT2D eigenvalue weighted by atomic mass is 10.2. The fraction of sp³-hybridized carbons (Fsp3) is 0. The van der Waals surface area contributed by atoms with Gasteiger partial charge in [0.25, 0.3) is 0 Å². The van der Waals surface area contributed by atoms with Crippen LogP contribution in [0.2, 0.25) is 0 Å². The Morgan fingerprint density at radius 2 is 1.41 bits per heavy atom. The molecule has 0 aliphatic carbocycles. The van der Waals surface area contributed by atoms with Crippen molar-refractivity contribution in [3.8, 4) is 11.4 Å². The van der Waals surface area contributed by atoms with E-state index >= 15 is 0 Å². The van der Waals surface area contributed by atoms with Crippen LogP contribution in [0.25, 0.3) is 11.4 Å². The topological polar surface area (TPSA) is 90.7 Å². The molecule has 1 aromatic heterocycles. The number of anilines is 2. The van der Waals surface area contributed by atoms with Gasteiger partial charge >= 0.3 is 0 Å². The minimum absolute atomic E-state index is 0.239. The minimum atomic E-state index is -1.61. The van der Waals surface area contributed by atoms with Gasteiger partial charge in [-0.05, 0) is 12.1 Å². The third kappa shape index (κ3) is 1.96. The first-order valence-corrected chi connectivity index (χ1v) is 4.40. The van der Waals surface area contributed by atoms with Crippen LogP contribution in [0.5, 0.6) is 0 Å². The molecule has 0 amide bonds. The molecule has 1 aromatic carbocycles. The van der Waals surface area contributed by atoms with Crippen molar-refractivity contribution in [1.29, 1.82) is 0 Å². The Kier molecular flexibility index (Phi) is 2.54. The molecule has 0 atom stereocenters. The molecular weight excluding hydrogens is 235 g/mol. The average molecular weight is 241 g/mol. The van der Waals surface area contributed by atoms with Crippen LogP contribution in [0.4, 0.5) is 25.1 Å². The van der Waals surface area contributed by atoms with Gasteiger partial charge in [-0.1, -0.05) is 0 Å². The van der Waals surface area contributed by atoms with Crippen LogP contribution in [-0.4, -0.2) is 15.0 Å². The number of aromatic nitrogens is 3. The minimum Gasteiger partial charge on any atom is -0.368 e. The van der Waals surface area contributed by atoms with Gasteiger partial charge in [0.15, 0.2) is 23.3 Å². The molecule has 4 N–H and O–H groups in total. The largest absolute Gasteiger partial charge is 0.368 e. The molecule has 0 saturated carbocycles. The molecule has 17 heavy (non-hydrogen) atoms. The smallest absolute Gasteiger partial charge is 0.225 e. The Hall–Kier alpha value is -2.38. The molecule has 0 unspecified atom stereocenters. The second-order valence-electron chi connectivity index (χ2n) is 3.10. The molecule has 0 spiro atoms. The normalized spacial score (nSPS) is 10.5. The van der Waals surface area contributed by atoms with Gasteiger partial charge in [-0.3, -0.25) is 0 Å². The second-order valence-corrected chi connectivity index (χ2v) is 3.10. The van der Waals surface area contributed by atoms with Crippen molar-refractivity contribution in [2.75, 3.05) is 11.5 Å². The summed E-state index contributed by atoms with van der Waals surface area (Å²) in [6.45, 7) is 0. The number of nitrogen functional groups attached to an aromatic ring is 2. The van der Waals surface area contributed by atoms with E-state index in [4.69, 9.17) is 11.5 Å². The standard InChI is InChI=1S/C9H6F3N5/c10-4-2-1-3(5(11)6(4)12)7-15-8(13)17-9(14)16-7/h1-2H,(H4,13,14,15,16,17). The van der Waals surface area contributed by atoms with Gasteiger partial charge in [-0.15, -0.1) is 0 Å². The highest BCUT2D eigenvalue weighted by Gasteiger charge is 2.17. The first-order chi connectivity index (χ1) is 7.99. The molecule has 0 radical (unpaired) electrons. The molecule has 88 valence electrons. The van der Waals surface area contributed by atoms with Crippen molar-refractivity contribution < 1.29 is 13.2 Å². The van der Waals surface area contributed by atoms with Crippen LogP contribution in [-0.2, 0) is 0 Å². The number of hydrogen-bond acceptors (Lipinski definition) is 5. The summed E-state index contributed by atoms with van der Waals surface area (Å²) in [5.74, 6) is -5.06. The maximum atomic E-state index is 13.4. The van der Waals surface area contributed by atoms with Gasteiger partial charge in [0.2, 0.25) is 11.9 Å². The summed E-state index contributed by atoms with van der Waals surface area (Å²) in [7, 11) is 0. The Labute approximate surface area is 93.3 Å². The van der Waals surface area contributed by atoms with Crippen molar-refractivity contribution in [3.05, 3.63) is 29.6 Å². The Morgan fingerprint density at radius 3 is 2.00 bits per heavy atom. The predicted molar refractivity (Wildman–Crippen MR) is 54.0 cm³/mol. The van der Waals surface area contributed by atoms with Crippen LogP contribution < -0.4 is 11.5 Å². The predicted octanol–water partition coefficient (Wildman–Crippen LogP) is 1.12. The van der Waals surface area contributed by atoms with Gasteiger partial charge in [0, 0.05) is 0 Å². The monoisotopic (exact) mass is 241 g/mol. The second kappa shape index (κ2) is 3.89. The highest BCUT2D eigenvalue weighted by molar-refractivity contribution is 5.58. The van der Waals surface area contributed by atoms with Gasteiger partial charge in [0.1, 0.15) is 0 Å². The van der Waals surface area contributed by atoms with E-state index in [0.29, 0.717) is 0 Å². The molecule has 0 bridgehead atoms. The fourth-order valence-corrected chi connectivity index (χ4v) is 1.23. The van der Waals surface area contributed by atoms with Crippen LogP contribution >= 0.6 is 0 Å². The molecular formula is C9H6F3N5. The number of rotatable bonds is 1. The summed E-state index contributed by atoms with van der Waals surface area (Å²) in [4.78, 5) is 10.6. The van der Waals surface area contributed by atoms with Gasteiger partial charge in [0.05, 0.1) is 5.56 Å². The molecule has 8 heteroatoms. The number of benzene rings is 1. The molecule has 2 rings (SSSR count). The molecule has 0 aliphatic heterocycles. The fourth-order valence-electron chi connectivity index (χ4n) is 1.23. The van der Waals surface area contributed by atoms with E-state index in [1.54, 1.807) is 0 Å². The quantitative estimate of drug-likeness (QED) is 0.730. The molecule has 0 saturated heterocycles. The van der Waals surface area contributed by atoms with E-state index in [1.807, 2.05) is 0 Å². The Balaban J connectivity index is 2.64. The van der Waals surface area contributed by atoms with Crippen LogP contribution in [0, 0.1) is 17.5 Å².